The summed E-state index contributed by atoms with van der Waals surface area (Å²) in [5.41, 5.74) is 3.65. The summed E-state index contributed by atoms with van der Waals surface area (Å²) in [7, 11) is 3.22. The normalized spacial score (nSPS) is 14.9. The van der Waals surface area contributed by atoms with Crippen LogP contribution in [0.1, 0.15) is 36.5 Å². The van der Waals surface area contributed by atoms with Crippen LogP contribution < -0.4 is 9.47 Å². The van der Waals surface area contributed by atoms with E-state index in [1.807, 2.05) is 23.1 Å². The molecule has 0 bridgehead atoms. The van der Waals surface area contributed by atoms with Crippen LogP contribution in [0.5, 0.6) is 11.5 Å². The topological polar surface area (TPSA) is 42.0 Å². The van der Waals surface area contributed by atoms with Crippen molar-refractivity contribution < 1.29 is 14.3 Å². The van der Waals surface area contributed by atoms with Crippen LogP contribution in [0.3, 0.4) is 0 Å². The standard InChI is InChI=1S/C24H32N2O3/c1-18(2)21-8-5-19(6-9-21)17-25-11-13-26(14-12-25)24(27)16-20-7-10-22(28-3)23(15-20)29-4/h5-10,15,18H,11-14,16-17H2,1-4H3. The van der Waals surface area contributed by atoms with Crippen LogP contribution in [0.4, 0.5) is 0 Å². The second kappa shape index (κ2) is 9.79. The molecule has 0 N–H and O–H groups in total. The summed E-state index contributed by atoms with van der Waals surface area (Å²) in [6.07, 6.45) is 0.386. The molecule has 1 aliphatic rings. The average Bonchev–Trinajstić information content (AvgIpc) is 2.74. The molecule has 0 aromatic heterocycles. The van der Waals surface area contributed by atoms with Crippen LogP contribution in [-0.4, -0.2) is 56.1 Å². The van der Waals surface area contributed by atoms with Crippen molar-refractivity contribution in [1.82, 2.24) is 9.80 Å². The smallest absolute Gasteiger partial charge is 0.227 e. The van der Waals surface area contributed by atoms with Gasteiger partial charge in [-0.25, -0.2) is 0 Å². The Bertz CT molecular complexity index is 809. The second-order valence-electron chi connectivity index (χ2n) is 7.92. The van der Waals surface area contributed by atoms with Crippen molar-refractivity contribution in [2.24, 2.45) is 0 Å². The maximum atomic E-state index is 12.7. The Kier molecular flexibility index (Phi) is 7.15. The van der Waals surface area contributed by atoms with Crippen molar-refractivity contribution in [2.75, 3.05) is 40.4 Å². The van der Waals surface area contributed by atoms with Gasteiger partial charge < -0.3 is 14.4 Å². The fraction of sp³-hybridized carbons (Fsp3) is 0.458. The molecule has 0 unspecified atom stereocenters. The van der Waals surface area contributed by atoms with Crippen molar-refractivity contribution in [2.45, 2.75) is 32.7 Å². The molecule has 3 rings (SSSR count). The molecule has 1 aliphatic heterocycles. The molecule has 5 nitrogen and oxygen atoms in total. The zero-order valence-electron chi connectivity index (χ0n) is 18.0. The lowest BCUT2D eigenvalue weighted by atomic mass is 10.0. The van der Waals surface area contributed by atoms with Crippen molar-refractivity contribution >= 4 is 5.91 Å². The number of amides is 1. The summed E-state index contributed by atoms with van der Waals surface area (Å²) in [5.74, 6) is 2.06. The van der Waals surface area contributed by atoms with E-state index in [0.717, 1.165) is 38.3 Å². The first-order chi connectivity index (χ1) is 14.0. The van der Waals surface area contributed by atoms with Gasteiger partial charge in [0, 0.05) is 32.7 Å². The van der Waals surface area contributed by atoms with Crippen LogP contribution in [0.15, 0.2) is 42.5 Å². The van der Waals surface area contributed by atoms with Crippen molar-refractivity contribution in [1.29, 1.82) is 0 Å². The van der Waals surface area contributed by atoms with Crippen molar-refractivity contribution in [3.8, 4) is 11.5 Å². The minimum absolute atomic E-state index is 0.165. The Hall–Kier alpha value is -2.53. The molecule has 0 atom stereocenters. The number of carbonyl (C=O) groups is 1. The molecule has 5 heteroatoms. The van der Waals surface area contributed by atoms with Crippen LogP contribution in [0, 0.1) is 0 Å². The second-order valence-corrected chi connectivity index (χ2v) is 7.92. The maximum Gasteiger partial charge on any atom is 0.227 e. The highest BCUT2D eigenvalue weighted by Crippen LogP contribution is 2.28. The van der Waals surface area contributed by atoms with Gasteiger partial charge >= 0.3 is 0 Å². The van der Waals surface area contributed by atoms with Crippen molar-refractivity contribution in [3.63, 3.8) is 0 Å². The Labute approximate surface area is 174 Å². The molecule has 0 spiro atoms. The number of benzene rings is 2. The molecule has 0 saturated carbocycles. The number of carbonyl (C=O) groups excluding carboxylic acids is 1. The molecular formula is C24H32N2O3. The quantitative estimate of drug-likeness (QED) is 0.715. The minimum atomic E-state index is 0.165. The maximum absolute atomic E-state index is 12.7. The number of methoxy groups -OCH3 is 2. The van der Waals surface area contributed by atoms with Crippen LogP contribution in [0.2, 0.25) is 0 Å². The van der Waals surface area contributed by atoms with Gasteiger partial charge in [0.1, 0.15) is 0 Å². The predicted octanol–water partition coefficient (Wildman–Crippen LogP) is 3.71. The zero-order valence-corrected chi connectivity index (χ0v) is 18.0. The summed E-state index contributed by atoms with van der Waals surface area (Å²) < 4.78 is 10.6. The summed E-state index contributed by atoms with van der Waals surface area (Å²) >= 11 is 0. The molecule has 0 radical (unpaired) electrons. The van der Waals surface area contributed by atoms with Gasteiger partial charge in [0.05, 0.1) is 20.6 Å². The van der Waals surface area contributed by atoms with Gasteiger partial charge in [-0.05, 0) is 34.7 Å². The molecule has 1 saturated heterocycles. The largest absolute Gasteiger partial charge is 0.493 e. The zero-order chi connectivity index (χ0) is 20.8. The lowest BCUT2D eigenvalue weighted by Crippen LogP contribution is -2.48. The van der Waals surface area contributed by atoms with Gasteiger partial charge in [0.25, 0.3) is 0 Å². The Morgan fingerprint density at radius 3 is 2.10 bits per heavy atom. The van der Waals surface area contributed by atoms with E-state index < -0.39 is 0 Å². The lowest BCUT2D eigenvalue weighted by molar-refractivity contribution is -0.132. The summed E-state index contributed by atoms with van der Waals surface area (Å²) in [6.45, 7) is 8.73. The highest BCUT2D eigenvalue weighted by molar-refractivity contribution is 5.79. The van der Waals surface area contributed by atoms with Gasteiger partial charge in [0.2, 0.25) is 5.91 Å². The summed E-state index contributed by atoms with van der Waals surface area (Å²) in [4.78, 5) is 17.1. The van der Waals surface area contributed by atoms with Gasteiger partial charge in [-0.1, -0.05) is 44.2 Å². The van der Waals surface area contributed by atoms with Crippen LogP contribution in [0.25, 0.3) is 0 Å². The van der Waals surface area contributed by atoms with E-state index in [0.29, 0.717) is 23.8 Å². The number of hydrogen-bond acceptors (Lipinski definition) is 4. The van der Waals surface area contributed by atoms with E-state index in [9.17, 15) is 4.79 Å². The number of ether oxygens (including phenoxy) is 2. The fourth-order valence-corrected chi connectivity index (χ4v) is 3.70. The van der Waals surface area contributed by atoms with Crippen molar-refractivity contribution in [3.05, 3.63) is 59.2 Å². The predicted molar refractivity (Wildman–Crippen MR) is 116 cm³/mol. The lowest BCUT2D eigenvalue weighted by Gasteiger charge is -2.35. The molecule has 0 aliphatic carbocycles. The highest BCUT2D eigenvalue weighted by atomic mass is 16.5. The van der Waals surface area contributed by atoms with E-state index in [1.54, 1.807) is 14.2 Å². The van der Waals surface area contributed by atoms with Gasteiger partial charge in [0.15, 0.2) is 11.5 Å². The van der Waals surface area contributed by atoms with E-state index in [-0.39, 0.29) is 5.91 Å². The SMILES string of the molecule is COc1ccc(CC(=O)N2CCN(Cc3ccc(C(C)C)cc3)CC2)cc1OC. The number of piperazine rings is 1. The van der Waals surface area contributed by atoms with E-state index >= 15 is 0 Å². The highest BCUT2D eigenvalue weighted by Gasteiger charge is 2.21. The fourth-order valence-electron chi connectivity index (χ4n) is 3.70. The first-order valence-electron chi connectivity index (χ1n) is 10.3. The Morgan fingerprint density at radius 1 is 0.897 bits per heavy atom. The minimum Gasteiger partial charge on any atom is -0.493 e. The molecule has 2 aromatic carbocycles. The van der Waals surface area contributed by atoms with Gasteiger partial charge in [-0.15, -0.1) is 0 Å². The number of rotatable bonds is 7. The third kappa shape index (κ3) is 5.51. The first-order valence-corrected chi connectivity index (χ1v) is 10.3. The molecule has 29 heavy (non-hydrogen) atoms. The molecular weight excluding hydrogens is 364 g/mol. The van der Waals surface area contributed by atoms with E-state index in [4.69, 9.17) is 9.47 Å². The third-order valence-electron chi connectivity index (χ3n) is 5.58. The monoisotopic (exact) mass is 396 g/mol. The molecule has 1 amide bonds. The number of nitrogens with zero attached hydrogens (tertiary/aromatic N) is 2. The number of hydrogen-bond donors (Lipinski definition) is 0. The van der Waals surface area contributed by atoms with Gasteiger partial charge in [-0.2, -0.15) is 0 Å². The Morgan fingerprint density at radius 2 is 1.52 bits per heavy atom. The summed E-state index contributed by atoms with van der Waals surface area (Å²) in [5, 5.41) is 0. The van der Waals surface area contributed by atoms with E-state index in [2.05, 4.69) is 43.0 Å². The Balaban J connectivity index is 1.50. The summed E-state index contributed by atoms with van der Waals surface area (Å²) in [6, 6.07) is 14.6. The molecule has 1 heterocycles. The van der Waals surface area contributed by atoms with Gasteiger partial charge in [-0.3, -0.25) is 9.69 Å². The molecule has 156 valence electrons. The average molecular weight is 397 g/mol. The van der Waals surface area contributed by atoms with E-state index in [1.165, 1.54) is 11.1 Å². The molecule has 2 aromatic rings. The molecule has 1 fully saturated rings. The van der Waals surface area contributed by atoms with Crippen LogP contribution >= 0.6 is 0 Å². The third-order valence-corrected chi connectivity index (χ3v) is 5.58. The first kappa shape index (κ1) is 21.2. The van der Waals surface area contributed by atoms with Crippen LogP contribution in [-0.2, 0) is 17.8 Å².